The number of hydrogen-bond acceptors (Lipinski definition) is 2. The van der Waals surface area contributed by atoms with Crippen molar-refractivity contribution in [3.63, 3.8) is 0 Å². The van der Waals surface area contributed by atoms with E-state index in [1.165, 1.54) is 12.3 Å². The summed E-state index contributed by atoms with van der Waals surface area (Å²) in [5, 5.41) is 17.1. The molecule has 10 heavy (non-hydrogen) atoms. The molecule has 0 saturated carbocycles. The summed E-state index contributed by atoms with van der Waals surface area (Å²) in [5.41, 5.74) is 0.370. The Morgan fingerprint density at radius 3 is 2.80 bits per heavy atom. The Kier molecular flexibility index (Phi) is 4.89. The first-order valence-electron chi connectivity index (χ1n) is 2.37. The molecule has 0 aliphatic carbocycles. The summed E-state index contributed by atoms with van der Waals surface area (Å²) < 4.78 is 0. The fourth-order valence-electron chi connectivity index (χ4n) is 0.468. The van der Waals surface area contributed by atoms with E-state index in [4.69, 9.17) is 10.5 Å². The first-order chi connectivity index (χ1) is 4.33. The van der Waals surface area contributed by atoms with Gasteiger partial charge >= 0.3 is 45.5 Å². The zero-order valence-electron chi connectivity index (χ0n) is 5.28. The van der Waals surface area contributed by atoms with Crippen LogP contribution < -0.4 is 0 Å². The number of aromatic hydroxyl groups is 1. The van der Waals surface area contributed by atoms with Gasteiger partial charge in [-0.05, 0) is 12.4 Å². The molecule has 0 atom stereocenters. The molecule has 4 heteroatoms. The minimum atomic E-state index is 0. The van der Waals surface area contributed by atoms with E-state index in [1.54, 1.807) is 0 Å². The molecule has 0 aromatic carbocycles. The van der Waals surface area contributed by atoms with E-state index in [1.807, 2.05) is 0 Å². The van der Waals surface area contributed by atoms with E-state index < -0.39 is 0 Å². The number of pyridine rings is 1. The molecule has 0 unspecified atom stereocenters. The Morgan fingerprint density at radius 1 is 1.70 bits per heavy atom. The largest absolute Gasteiger partial charge is 2.00 e. The Balaban J connectivity index is 0.000000810. The van der Waals surface area contributed by atoms with Crippen LogP contribution in [-0.4, -0.2) is 61.8 Å². The minimum Gasteiger partial charge on any atom is -0.862 e. The standard InChI is InChI=1S/C6H4N2O.Sr/c7-2-5-1-6(9)4-8-3-5;/h1-2,4,9H;/q-2;+2. The Hall–Kier alpha value is 0.101. The molecule has 1 N–H and O–H groups in total. The van der Waals surface area contributed by atoms with Crippen molar-refractivity contribution in [1.29, 1.82) is 0 Å². The van der Waals surface area contributed by atoms with Crippen LogP contribution in [0.2, 0.25) is 0 Å². The average Bonchev–Trinajstić information content (AvgIpc) is 1.88. The van der Waals surface area contributed by atoms with E-state index >= 15 is 0 Å². The fraction of sp³-hybridized carbons (Fsp3) is 0. The molecule has 1 heterocycles. The topological polar surface area (TPSA) is 55.4 Å². The molecule has 1 aromatic rings. The maximum atomic E-state index is 8.73. The van der Waals surface area contributed by atoms with Crippen LogP contribution in [-0.2, 0) is 0 Å². The normalized spacial score (nSPS) is 8.00. The Labute approximate surface area is 95.9 Å². The van der Waals surface area contributed by atoms with Gasteiger partial charge in [-0.3, -0.25) is 6.21 Å². The number of nitrogens with zero attached hydrogens (tertiary/aromatic N) is 2. The zero-order chi connectivity index (χ0) is 6.69. The second-order valence-corrected chi connectivity index (χ2v) is 1.52. The van der Waals surface area contributed by atoms with Crippen molar-refractivity contribution in [2.75, 3.05) is 0 Å². The van der Waals surface area contributed by atoms with Crippen LogP contribution >= 0.6 is 0 Å². The van der Waals surface area contributed by atoms with Gasteiger partial charge in [-0.15, -0.1) is 6.07 Å². The molecule has 46 valence electrons. The van der Waals surface area contributed by atoms with E-state index in [0.29, 0.717) is 5.56 Å². The second kappa shape index (κ2) is 4.85. The predicted octanol–water partition coefficient (Wildman–Crippen LogP) is 0.195. The van der Waals surface area contributed by atoms with Gasteiger partial charge in [0.05, 0.1) is 5.75 Å². The molecular weight excluding hydrogens is 204 g/mol. The van der Waals surface area contributed by atoms with Gasteiger partial charge in [-0.1, -0.05) is 0 Å². The van der Waals surface area contributed by atoms with Crippen LogP contribution in [0.15, 0.2) is 12.3 Å². The number of hydrogen-bond donors (Lipinski definition) is 1. The first kappa shape index (κ1) is 10.1. The van der Waals surface area contributed by atoms with E-state index in [9.17, 15) is 0 Å². The number of aromatic nitrogens is 1. The predicted molar refractivity (Wildman–Crippen MR) is 39.0 cm³/mol. The van der Waals surface area contributed by atoms with Crippen molar-refractivity contribution in [1.82, 2.24) is 4.98 Å². The van der Waals surface area contributed by atoms with Crippen molar-refractivity contribution in [3.05, 3.63) is 29.4 Å². The third-order valence-corrected chi connectivity index (χ3v) is 0.833. The van der Waals surface area contributed by atoms with Crippen LogP contribution in [0.3, 0.4) is 0 Å². The van der Waals surface area contributed by atoms with Gasteiger partial charge in [-0.2, -0.15) is 5.56 Å². The van der Waals surface area contributed by atoms with Crippen molar-refractivity contribution < 1.29 is 5.11 Å². The SMILES string of the molecule is [N-]=Cc1[c-]ncc(O)c1.[Sr+2]. The molecule has 0 fully saturated rings. The summed E-state index contributed by atoms with van der Waals surface area (Å²) in [6.45, 7) is 0. The first-order valence-corrected chi connectivity index (χ1v) is 2.37. The average molecular weight is 208 g/mol. The van der Waals surface area contributed by atoms with Gasteiger partial charge < -0.3 is 15.5 Å². The number of rotatable bonds is 1. The van der Waals surface area contributed by atoms with Crippen molar-refractivity contribution in [2.24, 2.45) is 0 Å². The van der Waals surface area contributed by atoms with Gasteiger partial charge in [0, 0.05) is 0 Å². The summed E-state index contributed by atoms with van der Waals surface area (Å²) in [6.07, 6.45) is 4.51. The van der Waals surface area contributed by atoms with Crippen LogP contribution in [0.5, 0.6) is 5.75 Å². The summed E-state index contributed by atoms with van der Waals surface area (Å²) in [5.74, 6) is 0.0223. The third-order valence-electron chi connectivity index (χ3n) is 0.833. The summed E-state index contributed by atoms with van der Waals surface area (Å²) in [6, 6.07) is 1.35. The molecule has 0 amide bonds. The van der Waals surface area contributed by atoms with Gasteiger partial charge in [0.1, 0.15) is 0 Å². The second-order valence-electron chi connectivity index (χ2n) is 1.52. The van der Waals surface area contributed by atoms with Gasteiger partial charge in [0.2, 0.25) is 0 Å². The molecule has 1 rings (SSSR count). The summed E-state index contributed by atoms with van der Waals surface area (Å²) >= 11 is 0. The van der Waals surface area contributed by atoms with Gasteiger partial charge in [0.15, 0.2) is 0 Å². The van der Waals surface area contributed by atoms with E-state index in [-0.39, 0.29) is 51.2 Å². The Morgan fingerprint density at radius 2 is 2.40 bits per heavy atom. The maximum absolute atomic E-state index is 8.73. The zero-order valence-corrected chi connectivity index (χ0v) is 8.76. The summed E-state index contributed by atoms with van der Waals surface area (Å²) in [4.78, 5) is 3.49. The third kappa shape index (κ3) is 2.79. The smallest absolute Gasteiger partial charge is 0.862 e. The minimum absolute atomic E-state index is 0. The van der Waals surface area contributed by atoms with Crippen LogP contribution in [0.1, 0.15) is 5.56 Å². The Bertz CT molecular complexity index is 227. The maximum Gasteiger partial charge on any atom is 2.00 e. The van der Waals surface area contributed by atoms with Crippen molar-refractivity contribution >= 4 is 51.7 Å². The molecule has 0 bridgehead atoms. The monoisotopic (exact) mass is 208 g/mol. The molecule has 1 aromatic heterocycles. The summed E-state index contributed by atoms with van der Waals surface area (Å²) in [7, 11) is 0. The van der Waals surface area contributed by atoms with Gasteiger partial charge in [0.25, 0.3) is 0 Å². The molecule has 0 saturated heterocycles. The van der Waals surface area contributed by atoms with Crippen molar-refractivity contribution in [2.45, 2.75) is 0 Å². The molecule has 0 spiro atoms. The quantitative estimate of drug-likeness (QED) is 0.406. The van der Waals surface area contributed by atoms with Gasteiger partial charge in [-0.25, -0.2) is 0 Å². The van der Waals surface area contributed by atoms with Crippen LogP contribution in [0.4, 0.5) is 0 Å². The molecular formula is C6H4N2OSr. The van der Waals surface area contributed by atoms with E-state index in [2.05, 4.69) is 11.2 Å². The van der Waals surface area contributed by atoms with E-state index in [0.717, 1.165) is 6.21 Å². The molecule has 0 aliphatic heterocycles. The molecule has 0 radical (unpaired) electrons. The van der Waals surface area contributed by atoms with Crippen molar-refractivity contribution in [3.8, 4) is 5.75 Å². The fourth-order valence-corrected chi connectivity index (χ4v) is 0.468. The van der Waals surface area contributed by atoms with Crippen LogP contribution in [0, 0.1) is 6.20 Å². The molecule has 0 aliphatic rings. The molecule has 3 nitrogen and oxygen atoms in total. The van der Waals surface area contributed by atoms with Crippen LogP contribution in [0.25, 0.3) is 5.41 Å².